The lowest BCUT2D eigenvalue weighted by molar-refractivity contribution is 0.544. The normalized spacial score (nSPS) is 12.6. The van der Waals surface area contributed by atoms with E-state index in [1.54, 1.807) is 11.3 Å². The van der Waals surface area contributed by atoms with Gasteiger partial charge < -0.3 is 5.73 Å². The average Bonchev–Trinajstić information content (AvgIpc) is 2.85. The van der Waals surface area contributed by atoms with E-state index in [9.17, 15) is 0 Å². The van der Waals surface area contributed by atoms with Crippen molar-refractivity contribution in [3.8, 4) is 11.3 Å². The molecule has 1 heterocycles. The molecule has 0 radical (unpaired) electrons. The molecule has 0 saturated heterocycles. The van der Waals surface area contributed by atoms with Crippen LogP contribution in [-0.4, -0.2) is 11.5 Å². The number of halogens is 1. The zero-order valence-electron chi connectivity index (χ0n) is 10.4. The fourth-order valence-corrected chi connectivity index (χ4v) is 3.01. The Morgan fingerprint density at radius 2 is 2.17 bits per heavy atom. The predicted octanol–water partition coefficient (Wildman–Crippen LogP) is 4.10. The lowest BCUT2D eigenvalue weighted by Gasteiger charge is -2.05. The molecule has 0 saturated carbocycles. The maximum atomic E-state index is 5.63. The summed E-state index contributed by atoms with van der Waals surface area (Å²) in [5, 5.41) is 3.32. The summed E-state index contributed by atoms with van der Waals surface area (Å²) >= 11 is 5.30. The van der Waals surface area contributed by atoms with E-state index >= 15 is 0 Å². The number of hydrogen-bond donors (Lipinski definition) is 1. The fourth-order valence-electron chi connectivity index (χ4n) is 1.71. The Hall–Kier alpha value is -0.710. The Morgan fingerprint density at radius 3 is 2.89 bits per heavy atom. The Labute approximate surface area is 120 Å². The number of hydrogen-bond acceptors (Lipinski definition) is 3. The summed E-state index contributed by atoms with van der Waals surface area (Å²) in [4.78, 5) is 4.70. The van der Waals surface area contributed by atoms with Crippen molar-refractivity contribution in [2.45, 2.75) is 19.8 Å². The van der Waals surface area contributed by atoms with Crippen molar-refractivity contribution in [3.05, 3.63) is 39.1 Å². The van der Waals surface area contributed by atoms with Gasteiger partial charge in [0, 0.05) is 15.4 Å². The molecule has 1 aromatic heterocycles. The summed E-state index contributed by atoms with van der Waals surface area (Å²) in [5.74, 6) is 0.570. The van der Waals surface area contributed by atoms with Gasteiger partial charge in [-0.3, -0.25) is 0 Å². The fraction of sp³-hybridized carbons (Fsp3) is 0.357. The maximum absolute atomic E-state index is 5.63. The van der Waals surface area contributed by atoms with Gasteiger partial charge in [0.2, 0.25) is 0 Å². The quantitative estimate of drug-likeness (QED) is 0.899. The Morgan fingerprint density at radius 1 is 1.39 bits per heavy atom. The van der Waals surface area contributed by atoms with Crippen LogP contribution in [0.1, 0.15) is 18.4 Å². The first-order chi connectivity index (χ1) is 8.70. The molecule has 2 N–H and O–H groups in total. The van der Waals surface area contributed by atoms with Crippen molar-refractivity contribution < 1.29 is 0 Å². The van der Waals surface area contributed by atoms with Crippen LogP contribution < -0.4 is 5.73 Å². The lowest BCUT2D eigenvalue weighted by atomic mass is 10.1. The molecule has 0 aliphatic heterocycles. The predicted molar refractivity (Wildman–Crippen MR) is 81.8 cm³/mol. The van der Waals surface area contributed by atoms with E-state index in [0.29, 0.717) is 5.92 Å². The Balaban J connectivity index is 2.09. The van der Waals surface area contributed by atoms with E-state index < -0.39 is 0 Å². The van der Waals surface area contributed by atoms with Crippen LogP contribution in [0.3, 0.4) is 0 Å². The van der Waals surface area contributed by atoms with Crippen LogP contribution in [0.25, 0.3) is 11.3 Å². The molecule has 18 heavy (non-hydrogen) atoms. The largest absolute Gasteiger partial charge is 0.330 e. The standard InChI is InChI=1S/C14H17BrN2S/c1-10(8-16)6-7-14-17-13(9-18-14)11-4-2-3-5-12(11)15/h2-5,9-10H,6-8,16H2,1H3. The van der Waals surface area contributed by atoms with Gasteiger partial charge >= 0.3 is 0 Å². The number of thiazole rings is 1. The van der Waals surface area contributed by atoms with Gasteiger partial charge in [0.15, 0.2) is 0 Å². The van der Waals surface area contributed by atoms with Crippen molar-refractivity contribution in [2.24, 2.45) is 11.7 Å². The number of nitrogens with zero attached hydrogens (tertiary/aromatic N) is 1. The van der Waals surface area contributed by atoms with E-state index in [0.717, 1.165) is 35.1 Å². The second kappa shape index (κ2) is 6.45. The van der Waals surface area contributed by atoms with Crippen LogP contribution in [0, 0.1) is 5.92 Å². The monoisotopic (exact) mass is 324 g/mol. The summed E-state index contributed by atoms with van der Waals surface area (Å²) in [7, 11) is 0. The van der Waals surface area contributed by atoms with E-state index in [1.807, 2.05) is 18.2 Å². The first kappa shape index (κ1) is 13.7. The molecule has 0 aliphatic carbocycles. The van der Waals surface area contributed by atoms with Crippen molar-refractivity contribution in [2.75, 3.05) is 6.54 Å². The zero-order chi connectivity index (χ0) is 13.0. The van der Waals surface area contributed by atoms with Gasteiger partial charge in [0.05, 0.1) is 10.7 Å². The highest BCUT2D eigenvalue weighted by Gasteiger charge is 2.08. The third-order valence-electron chi connectivity index (χ3n) is 2.95. The topological polar surface area (TPSA) is 38.9 Å². The van der Waals surface area contributed by atoms with Crippen LogP contribution in [0.5, 0.6) is 0 Å². The molecule has 1 unspecified atom stereocenters. The van der Waals surface area contributed by atoms with Crippen molar-refractivity contribution in [1.82, 2.24) is 4.98 Å². The highest BCUT2D eigenvalue weighted by atomic mass is 79.9. The minimum Gasteiger partial charge on any atom is -0.330 e. The zero-order valence-corrected chi connectivity index (χ0v) is 12.8. The third-order valence-corrected chi connectivity index (χ3v) is 4.56. The average molecular weight is 325 g/mol. The summed E-state index contributed by atoms with van der Waals surface area (Å²) in [6, 6.07) is 8.19. The van der Waals surface area contributed by atoms with Gasteiger partial charge in [-0.15, -0.1) is 11.3 Å². The molecule has 4 heteroatoms. The van der Waals surface area contributed by atoms with Crippen molar-refractivity contribution in [3.63, 3.8) is 0 Å². The maximum Gasteiger partial charge on any atom is 0.0932 e. The molecule has 0 amide bonds. The third kappa shape index (κ3) is 3.40. The number of benzene rings is 1. The molecule has 1 aromatic carbocycles. The molecule has 1 atom stereocenters. The molecular formula is C14H17BrN2S. The van der Waals surface area contributed by atoms with E-state index in [2.05, 4.69) is 34.3 Å². The van der Waals surface area contributed by atoms with Crippen LogP contribution in [-0.2, 0) is 6.42 Å². The van der Waals surface area contributed by atoms with E-state index in [-0.39, 0.29) is 0 Å². The van der Waals surface area contributed by atoms with Crippen LogP contribution in [0.15, 0.2) is 34.1 Å². The number of nitrogens with two attached hydrogens (primary N) is 1. The summed E-state index contributed by atoms with van der Waals surface area (Å²) in [6.45, 7) is 2.94. The van der Waals surface area contributed by atoms with Crippen LogP contribution >= 0.6 is 27.3 Å². The second-order valence-electron chi connectivity index (χ2n) is 4.49. The lowest BCUT2D eigenvalue weighted by Crippen LogP contribution is -2.11. The number of aromatic nitrogens is 1. The summed E-state index contributed by atoms with van der Waals surface area (Å²) in [5.41, 5.74) is 7.85. The summed E-state index contributed by atoms with van der Waals surface area (Å²) < 4.78 is 1.09. The first-order valence-electron chi connectivity index (χ1n) is 6.10. The highest BCUT2D eigenvalue weighted by Crippen LogP contribution is 2.29. The van der Waals surface area contributed by atoms with E-state index in [1.165, 1.54) is 5.01 Å². The Bertz CT molecular complexity index is 510. The SMILES string of the molecule is CC(CN)CCc1nc(-c2ccccc2Br)cs1. The van der Waals surface area contributed by atoms with Gasteiger partial charge in [-0.25, -0.2) is 4.98 Å². The molecule has 96 valence electrons. The highest BCUT2D eigenvalue weighted by molar-refractivity contribution is 9.10. The second-order valence-corrected chi connectivity index (χ2v) is 6.28. The van der Waals surface area contributed by atoms with Gasteiger partial charge in [0.1, 0.15) is 0 Å². The van der Waals surface area contributed by atoms with Gasteiger partial charge in [0.25, 0.3) is 0 Å². The van der Waals surface area contributed by atoms with Gasteiger partial charge in [-0.05, 0) is 31.4 Å². The molecule has 2 nitrogen and oxygen atoms in total. The van der Waals surface area contributed by atoms with Crippen molar-refractivity contribution >= 4 is 27.3 Å². The van der Waals surface area contributed by atoms with Crippen LogP contribution in [0.2, 0.25) is 0 Å². The Kier molecular flexibility index (Phi) is 4.92. The van der Waals surface area contributed by atoms with Gasteiger partial charge in [-0.1, -0.05) is 41.1 Å². The van der Waals surface area contributed by atoms with Crippen LogP contribution in [0.4, 0.5) is 0 Å². The van der Waals surface area contributed by atoms with Gasteiger partial charge in [-0.2, -0.15) is 0 Å². The first-order valence-corrected chi connectivity index (χ1v) is 7.77. The molecule has 0 spiro atoms. The smallest absolute Gasteiger partial charge is 0.0932 e. The van der Waals surface area contributed by atoms with E-state index in [4.69, 9.17) is 10.7 Å². The number of rotatable bonds is 5. The number of aryl methyl sites for hydroxylation is 1. The molecule has 2 aromatic rings. The molecule has 0 bridgehead atoms. The minimum atomic E-state index is 0.570. The van der Waals surface area contributed by atoms with Crippen molar-refractivity contribution in [1.29, 1.82) is 0 Å². The molecular weight excluding hydrogens is 308 g/mol. The molecule has 0 fully saturated rings. The minimum absolute atomic E-state index is 0.570. The molecule has 2 rings (SSSR count). The molecule has 0 aliphatic rings. The summed E-state index contributed by atoms with van der Waals surface area (Å²) in [6.07, 6.45) is 2.13.